The number of hydrogen-bond acceptors (Lipinski definition) is 5. The highest BCUT2D eigenvalue weighted by Crippen LogP contribution is 2.33. The number of hydrogen-bond donors (Lipinski definition) is 2. The molecule has 4 rings (SSSR count). The van der Waals surface area contributed by atoms with Gasteiger partial charge in [-0.15, -0.1) is 12.4 Å². The van der Waals surface area contributed by atoms with Crippen LogP contribution in [0.25, 0.3) is 11.0 Å². The molecule has 2 atom stereocenters. The molecule has 0 fully saturated rings. The molecule has 0 amide bonds. The normalized spacial score (nSPS) is 15.9. The van der Waals surface area contributed by atoms with Crippen LogP contribution < -0.4 is 5.63 Å². The van der Waals surface area contributed by atoms with Gasteiger partial charge in [-0.25, -0.2) is 9.78 Å². The smallest absolute Gasteiger partial charge is 0.339 e. The van der Waals surface area contributed by atoms with Crippen LogP contribution in [-0.4, -0.2) is 25.9 Å². The maximum Gasteiger partial charge on any atom is 0.339 e. The van der Waals surface area contributed by atoms with E-state index in [1.807, 2.05) is 0 Å². The fourth-order valence-corrected chi connectivity index (χ4v) is 3.69. The molecule has 0 saturated carbocycles. The zero-order valence-electron chi connectivity index (χ0n) is 14.2. The predicted molar refractivity (Wildman–Crippen MR) is 99.6 cm³/mol. The van der Waals surface area contributed by atoms with Gasteiger partial charge in [-0.05, 0) is 42.9 Å². The van der Waals surface area contributed by atoms with Crippen LogP contribution in [0.3, 0.4) is 0 Å². The Morgan fingerprint density at radius 3 is 2.69 bits per heavy atom. The molecule has 0 radical (unpaired) electrons. The quantitative estimate of drug-likeness (QED) is 0.682. The molecule has 0 saturated heterocycles. The molecule has 1 aliphatic rings. The van der Waals surface area contributed by atoms with Crippen molar-refractivity contribution in [1.82, 2.24) is 9.55 Å². The lowest BCUT2D eigenvalue weighted by Crippen LogP contribution is -2.24. The van der Waals surface area contributed by atoms with Crippen LogP contribution in [0, 0.1) is 0 Å². The molecule has 7 heteroatoms. The van der Waals surface area contributed by atoms with E-state index in [4.69, 9.17) is 4.42 Å². The van der Waals surface area contributed by atoms with Crippen molar-refractivity contribution in [2.24, 2.45) is 0 Å². The van der Waals surface area contributed by atoms with Gasteiger partial charge in [-0.3, -0.25) is 0 Å². The predicted octanol–water partition coefficient (Wildman–Crippen LogP) is 2.38. The molecular weight excluding hydrogens is 356 g/mol. The standard InChI is InChI=1S/C19H20N2O4.ClH/c22-15(10-21-9-8-20-11-21)18(23)14-6-3-7-16-17(14)12-4-1-2-5-13(12)19(24)25-16;/h3,6-9,11,15,18,22-23H,1-2,4-5,10H2;1H. The molecule has 0 spiro atoms. The molecule has 2 aromatic heterocycles. The molecule has 26 heavy (non-hydrogen) atoms. The number of aliphatic hydroxyl groups excluding tert-OH is 2. The molecular formula is C19H21ClN2O4. The number of imidazole rings is 1. The van der Waals surface area contributed by atoms with E-state index >= 15 is 0 Å². The Hall–Kier alpha value is -2.15. The van der Waals surface area contributed by atoms with E-state index in [0.717, 1.165) is 30.2 Å². The zero-order valence-corrected chi connectivity index (χ0v) is 15.0. The van der Waals surface area contributed by atoms with Crippen LogP contribution in [0.2, 0.25) is 0 Å². The summed E-state index contributed by atoms with van der Waals surface area (Å²) in [5, 5.41) is 22.0. The number of aryl methyl sites for hydroxylation is 1. The lowest BCUT2D eigenvalue weighted by atomic mass is 9.87. The number of rotatable bonds is 4. The number of halogens is 1. The number of aliphatic hydroxyl groups is 2. The minimum atomic E-state index is -1.08. The van der Waals surface area contributed by atoms with E-state index in [1.165, 1.54) is 0 Å². The molecule has 138 valence electrons. The van der Waals surface area contributed by atoms with Crippen LogP contribution in [0.4, 0.5) is 0 Å². The second kappa shape index (κ2) is 7.61. The molecule has 0 bridgehead atoms. The highest BCUT2D eigenvalue weighted by Gasteiger charge is 2.25. The highest BCUT2D eigenvalue weighted by molar-refractivity contribution is 5.86. The topological polar surface area (TPSA) is 88.5 Å². The van der Waals surface area contributed by atoms with E-state index in [0.29, 0.717) is 23.1 Å². The maximum atomic E-state index is 12.2. The van der Waals surface area contributed by atoms with Crippen LogP contribution in [0.1, 0.15) is 35.6 Å². The van der Waals surface area contributed by atoms with Gasteiger partial charge in [0, 0.05) is 23.3 Å². The summed E-state index contributed by atoms with van der Waals surface area (Å²) in [5.74, 6) is 0. The van der Waals surface area contributed by atoms with Crippen molar-refractivity contribution >= 4 is 23.4 Å². The minimum Gasteiger partial charge on any atom is -0.422 e. The summed E-state index contributed by atoms with van der Waals surface area (Å²) in [7, 11) is 0. The second-order valence-corrected chi connectivity index (χ2v) is 6.55. The second-order valence-electron chi connectivity index (χ2n) is 6.55. The zero-order chi connectivity index (χ0) is 17.4. The average Bonchev–Trinajstić information content (AvgIpc) is 3.13. The number of benzene rings is 1. The summed E-state index contributed by atoms with van der Waals surface area (Å²) in [5.41, 5.74) is 2.46. The van der Waals surface area contributed by atoms with Crippen molar-refractivity contribution in [2.45, 2.75) is 44.4 Å². The molecule has 2 heterocycles. The van der Waals surface area contributed by atoms with Gasteiger partial charge in [0.25, 0.3) is 0 Å². The molecule has 1 aliphatic carbocycles. The summed E-state index contributed by atoms with van der Waals surface area (Å²) in [6.07, 6.45) is 6.36. The monoisotopic (exact) mass is 376 g/mol. The van der Waals surface area contributed by atoms with Crippen molar-refractivity contribution in [3.63, 3.8) is 0 Å². The third-order valence-corrected chi connectivity index (χ3v) is 4.92. The Bertz CT molecular complexity index is 952. The highest BCUT2D eigenvalue weighted by atomic mass is 35.5. The largest absolute Gasteiger partial charge is 0.422 e. The van der Waals surface area contributed by atoms with Crippen LogP contribution in [0.15, 0.2) is 46.1 Å². The molecule has 3 aromatic rings. The molecule has 2 unspecified atom stereocenters. The van der Waals surface area contributed by atoms with E-state index in [1.54, 1.807) is 41.5 Å². The number of fused-ring (bicyclic) bond motifs is 3. The molecule has 2 N–H and O–H groups in total. The van der Waals surface area contributed by atoms with Crippen LogP contribution in [0.5, 0.6) is 0 Å². The van der Waals surface area contributed by atoms with Crippen molar-refractivity contribution in [1.29, 1.82) is 0 Å². The summed E-state index contributed by atoms with van der Waals surface area (Å²) in [6, 6.07) is 5.27. The first-order chi connectivity index (χ1) is 12.1. The van der Waals surface area contributed by atoms with Crippen molar-refractivity contribution < 1.29 is 14.6 Å². The maximum absolute atomic E-state index is 12.2. The lowest BCUT2D eigenvalue weighted by molar-refractivity contribution is 0.00894. The molecule has 0 aliphatic heterocycles. The minimum absolute atomic E-state index is 0. The Morgan fingerprint density at radius 1 is 1.19 bits per heavy atom. The Kier molecular flexibility index (Phi) is 5.46. The van der Waals surface area contributed by atoms with Gasteiger partial charge in [-0.2, -0.15) is 0 Å². The summed E-state index contributed by atoms with van der Waals surface area (Å²) < 4.78 is 7.19. The number of aromatic nitrogens is 2. The first-order valence-electron chi connectivity index (χ1n) is 8.54. The van der Waals surface area contributed by atoms with E-state index in [9.17, 15) is 15.0 Å². The van der Waals surface area contributed by atoms with Gasteiger partial charge >= 0.3 is 5.63 Å². The van der Waals surface area contributed by atoms with Gasteiger partial charge < -0.3 is 19.2 Å². The van der Waals surface area contributed by atoms with Crippen molar-refractivity contribution in [2.75, 3.05) is 0 Å². The Labute approximate surface area is 156 Å². The Balaban J connectivity index is 0.00000196. The SMILES string of the molecule is Cl.O=c1oc2cccc(C(O)C(O)Cn3ccnc3)c2c2c1CCCC2. The summed E-state index contributed by atoms with van der Waals surface area (Å²) in [6.45, 7) is 0.233. The fourth-order valence-electron chi connectivity index (χ4n) is 3.69. The average molecular weight is 377 g/mol. The van der Waals surface area contributed by atoms with Gasteiger partial charge in [0.15, 0.2) is 0 Å². The van der Waals surface area contributed by atoms with Crippen LogP contribution >= 0.6 is 12.4 Å². The lowest BCUT2D eigenvalue weighted by Gasteiger charge is -2.23. The van der Waals surface area contributed by atoms with E-state index in [2.05, 4.69) is 4.98 Å². The van der Waals surface area contributed by atoms with Gasteiger partial charge in [0.2, 0.25) is 0 Å². The van der Waals surface area contributed by atoms with Crippen molar-refractivity contribution in [3.05, 3.63) is 64.0 Å². The third-order valence-electron chi connectivity index (χ3n) is 4.92. The van der Waals surface area contributed by atoms with Crippen molar-refractivity contribution in [3.8, 4) is 0 Å². The molecule has 6 nitrogen and oxygen atoms in total. The van der Waals surface area contributed by atoms with Crippen LogP contribution in [-0.2, 0) is 19.4 Å². The van der Waals surface area contributed by atoms with Gasteiger partial charge in [0.05, 0.1) is 12.9 Å². The van der Waals surface area contributed by atoms with Gasteiger partial charge in [0.1, 0.15) is 17.8 Å². The molecule has 1 aromatic carbocycles. The summed E-state index contributed by atoms with van der Waals surface area (Å²) >= 11 is 0. The number of nitrogens with zero attached hydrogens (tertiary/aromatic N) is 2. The first-order valence-corrected chi connectivity index (χ1v) is 8.54. The Morgan fingerprint density at radius 2 is 1.96 bits per heavy atom. The van der Waals surface area contributed by atoms with E-state index < -0.39 is 12.2 Å². The van der Waals surface area contributed by atoms with Gasteiger partial charge in [-0.1, -0.05) is 12.1 Å². The summed E-state index contributed by atoms with van der Waals surface area (Å²) in [4.78, 5) is 16.2. The first kappa shape index (κ1) is 18.6. The van der Waals surface area contributed by atoms with E-state index in [-0.39, 0.29) is 24.6 Å². The third kappa shape index (κ3) is 3.28. The fraction of sp³-hybridized carbons (Fsp3) is 0.368.